The molecule has 5 heteroatoms. The molecular formula is C18H15ClN2O2. The zero-order chi connectivity index (χ0) is 16.3. The Labute approximate surface area is 139 Å². The lowest BCUT2D eigenvalue weighted by molar-refractivity contribution is -0.126. The molecule has 1 aliphatic rings. The molecule has 2 aromatic rings. The van der Waals surface area contributed by atoms with Crippen LogP contribution in [0.15, 0.2) is 48.5 Å². The maximum Gasteiger partial charge on any atom is 0.244 e. The van der Waals surface area contributed by atoms with Crippen molar-refractivity contribution in [2.75, 3.05) is 5.32 Å². The summed E-state index contributed by atoms with van der Waals surface area (Å²) in [5, 5.41) is 12.5. The van der Waals surface area contributed by atoms with Gasteiger partial charge in [0, 0.05) is 5.69 Å². The van der Waals surface area contributed by atoms with E-state index in [2.05, 4.69) is 11.4 Å². The van der Waals surface area contributed by atoms with E-state index in [1.807, 2.05) is 12.1 Å². The van der Waals surface area contributed by atoms with Crippen LogP contribution >= 0.6 is 11.6 Å². The van der Waals surface area contributed by atoms with Crippen molar-refractivity contribution in [2.24, 2.45) is 5.41 Å². The van der Waals surface area contributed by atoms with Crippen molar-refractivity contribution in [3.8, 4) is 17.6 Å². The molecule has 3 rings (SSSR count). The Morgan fingerprint density at radius 3 is 2.43 bits per heavy atom. The van der Waals surface area contributed by atoms with Crippen LogP contribution in [0.1, 0.15) is 19.3 Å². The number of ether oxygens (including phenoxy) is 1. The number of nitrogens with one attached hydrogen (secondary N) is 1. The van der Waals surface area contributed by atoms with Gasteiger partial charge in [0.15, 0.2) is 0 Å². The molecule has 1 amide bonds. The zero-order valence-corrected chi connectivity index (χ0v) is 13.1. The average Bonchev–Trinajstić information content (AvgIpc) is 2.51. The zero-order valence-electron chi connectivity index (χ0n) is 12.4. The van der Waals surface area contributed by atoms with Gasteiger partial charge in [-0.1, -0.05) is 23.7 Å². The van der Waals surface area contributed by atoms with Crippen LogP contribution in [0.5, 0.6) is 11.5 Å². The minimum Gasteiger partial charge on any atom is -0.456 e. The first kappa shape index (κ1) is 15.4. The Morgan fingerprint density at radius 2 is 1.87 bits per heavy atom. The number of benzene rings is 2. The molecule has 0 spiro atoms. The van der Waals surface area contributed by atoms with Crippen molar-refractivity contribution in [3.63, 3.8) is 0 Å². The Morgan fingerprint density at radius 1 is 1.17 bits per heavy atom. The van der Waals surface area contributed by atoms with Crippen molar-refractivity contribution in [2.45, 2.75) is 19.3 Å². The minimum absolute atomic E-state index is 0.231. The molecule has 0 heterocycles. The molecule has 0 bridgehead atoms. The van der Waals surface area contributed by atoms with Crippen LogP contribution in [-0.4, -0.2) is 5.91 Å². The Hall–Kier alpha value is -2.51. The monoisotopic (exact) mass is 326 g/mol. The lowest BCUT2D eigenvalue weighted by Crippen LogP contribution is -2.40. The maximum atomic E-state index is 12.2. The summed E-state index contributed by atoms with van der Waals surface area (Å²) in [4.78, 5) is 12.2. The van der Waals surface area contributed by atoms with E-state index in [4.69, 9.17) is 16.3 Å². The fourth-order valence-electron chi connectivity index (χ4n) is 2.43. The topological polar surface area (TPSA) is 62.1 Å². The highest BCUT2D eigenvalue weighted by Crippen LogP contribution is 2.41. The second-order valence-electron chi connectivity index (χ2n) is 5.56. The van der Waals surface area contributed by atoms with Gasteiger partial charge in [-0.05, 0) is 55.7 Å². The molecule has 1 fully saturated rings. The van der Waals surface area contributed by atoms with Gasteiger partial charge < -0.3 is 10.1 Å². The summed E-state index contributed by atoms with van der Waals surface area (Å²) < 4.78 is 5.69. The summed E-state index contributed by atoms with van der Waals surface area (Å²) in [6, 6.07) is 16.3. The smallest absolute Gasteiger partial charge is 0.244 e. The molecule has 0 unspecified atom stereocenters. The van der Waals surface area contributed by atoms with Crippen LogP contribution < -0.4 is 10.1 Å². The summed E-state index contributed by atoms with van der Waals surface area (Å²) in [6.45, 7) is 0. The molecule has 0 saturated heterocycles. The van der Waals surface area contributed by atoms with Crippen LogP contribution in [-0.2, 0) is 4.79 Å². The number of amides is 1. The van der Waals surface area contributed by atoms with Gasteiger partial charge in [0.1, 0.15) is 16.9 Å². The summed E-state index contributed by atoms with van der Waals surface area (Å²) in [6.07, 6.45) is 2.18. The number of anilines is 1. The molecule has 1 saturated carbocycles. The molecule has 23 heavy (non-hydrogen) atoms. The lowest BCUT2D eigenvalue weighted by Gasteiger charge is -2.33. The van der Waals surface area contributed by atoms with Crippen molar-refractivity contribution < 1.29 is 9.53 Å². The Kier molecular flexibility index (Phi) is 4.22. The SMILES string of the molecule is N#CC1(C(=O)Nc2ccc(Oc3ccccc3Cl)cc2)CCC1. The largest absolute Gasteiger partial charge is 0.456 e. The van der Waals surface area contributed by atoms with Crippen LogP contribution in [0.3, 0.4) is 0 Å². The molecule has 1 aliphatic carbocycles. The van der Waals surface area contributed by atoms with Gasteiger partial charge in [0.05, 0.1) is 11.1 Å². The maximum absolute atomic E-state index is 12.2. The minimum atomic E-state index is -0.854. The first-order chi connectivity index (χ1) is 11.1. The summed E-state index contributed by atoms with van der Waals surface area (Å²) in [7, 11) is 0. The summed E-state index contributed by atoms with van der Waals surface area (Å²) >= 11 is 6.05. The van der Waals surface area contributed by atoms with E-state index < -0.39 is 5.41 Å². The number of nitriles is 1. The Balaban J connectivity index is 1.67. The normalized spacial score (nSPS) is 15.1. The first-order valence-electron chi connectivity index (χ1n) is 7.38. The van der Waals surface area contributed by atoms with Gasteiger partial charge >= 0.3 is 0 Å². The number of halogens is 1. The molecule has 2 aromatic carbocycles. The third kappa shape index (κ3) is 3.15. The van der Waals surface area contributed by atoms with E-state index in [9.17, 15) is 10.1 Å². The van der Waals surface area contributed by atoms with Gasteiger partial charge in [-0.3, -0.25) is 4.79 Å². The molecule has 116 valence electrons. The first-order valence-corrected chi connectivity index (χ1v) is 7.76. The molecule has 0 aromatic heterocycles. The van der Waals surface area contributed by atoms with Crippen LogP contribution in [0.2, 0.25) is 5.02 Å². The van der Waals surface area contributed by atoms with E-state index in [1.165, 1.54) is 0 Å². The highest BCUT2D eigenvalue weighted by molar-refractivity contribution is 6.32. The van der Waals surface area contributed by atoms with Crippen LogP contribution in [0, 0.1) is 16.7 Å². The van der Waals surface area contributed by atoms with Crippen molar-refractivity contribution in [3.05, 3.63) is 53.6 Å². The third-order valence-corrected chi connectivity index (χ3v) is 4.34. The molecule has 1 N–H and O–H groups in total. The third-order valence-electron chi connectivity index (χ3n) is 4.03. The van der Waals surface area contributed by atoms with Crippen LogP contribution in [0.25, 0.3) is 0 Å². The average molecular weight is 327 g/mol. The van der Waals surface area contributed by atoms with Gasteiger partial charge in [0.2, 0.25) is 5.91 Å². The standard InChI is InChI=1S/C18H15ClN2O2/c19-15-4-1-2-5-16(15)23-14-8-6-13(7-9-14)21-17(22)18(12-20)10-3-11-18/h1-2,4-9H,3,10-11H2,(H,21,22). The predicted molar refractivity (Wildman–Crippen MR) is 88.5 cm³/mol. The van der Waals surface area contributed by atoms with Crippen LogP contribution in [0.4, 0.5) is 5.69 Å². The van der Waals surface area contributed by atoms with Crippen molar-refractivity contribution in [1.29, 1.82) is 5.26 Å². The molecule has 0 atom stereocenters. The number of para-hydroxylation sites is 1. The number of hydrogen-bond donors (Lipinski definition) is 1. The fraction of sp³-hybridized carbons (Fsp3) is 0.222. The van der Waals surface area contributed by atoms with Gasteiger partial charge in [0.25, 0.3) is 0 Å². The number of nitrogens with zero attached hydrogens (tertiary/aromatic N) is 1. The highest BCUT2D eigenvalue weighted by atomic mass is 35.5. The molecule has 0 aliphatic heterocycles. The van der Waals surface area contributed by atoms with E-state index in [0.717, 1.165) is 6.42 Å². The fourth-order valence-corrected chi connectivity index (χ4v) is 2.61. The van der Waals surface area contributed by atoms with E-state index in [1.54, 1.807) is 36.4 Å². The highest BCUT2D eigenvalue weighted by Gasteiger charge is 2.44. The van der Waals surface area contributed by atoms with Gasteiger partial charge in [-0.25, -0.2) is 0 Å². The van der Waals surface area contributed by atoms with Crippen molar-refractivity contribution >= 4 is 23.2 Å². The number of carbonyl (C=O) groups is 1. The lowest BCUT2D eigenvalue weighted by atomic mass is 9.69. The second-order valence-corrected chi connectivity index (χ2v) is 5.97. The van der Waals surface area contributed by atoms with Gasteiger partial charge in [-0.15, -0.1) is 0 Å². The predicted octanol–water partition coefficient (Wildman–Crippen LogP) is 4.76. The summed E-state index contributed by atoms with van der Waals surface area (Å²) in [5.74, 6) is 0.963. The van der Waals surface area contributed by atoms with E-state index in [-0.39, 0.29) is 5.91 Å². The Bertz CT molecular complexity index is 761. The van der Waals surface area contributed by atoms with Crippen molar-refractivity contribution in [1.82, 2.24) is 0 Å². The molecule has 4 nitrogen and oxygen atoms in total. The number of rotatable bonds is 4. The number of carbonyl (C=O) groups excluding carboxylic acids is 1. The van der Waals surface area contributed by atoms with E-state index in [0.29, 0.717) is 35.1 Å². The van der Waals surface area contributed by atoms with E-state index >= 15 is 0 Å². The van der Waals surface area contributed by atoms with Gasteiger partial charge in [-0.2, -0.15) is 5.26 Å². The second kappa shape index (κ2) is 6.31. The summed E-state index contributed by atoms with van der Waals surface area (Å²) in [5.41, 5.74) is -0.213. The quantitative estimate of drug-likeness (QED) is 0.880. The molecular weight excluding hydrogens is 312 g/mol. The number of hydrogen-bond acceptors (Lipinski definition) is 3. The molecule has 0 radical (unpaired) electrons.